The van der Waals surface area contributed by atoms with Gasteiger partial charge in [0.2, 0.25) is 0 Å². The minimum atomic E-state index is -0.418. The van der Waals surface area contributed by atoms with Gasteiger partial charge in [-0.15, -0.1) is 0 Å². The number of β-amino-alcohol motifs (C(OH)–C–C–N with tert-alkyl or cyclic N) is 1. The highest BCUT2D eigenvalue weighted by atomic mass is 35.5. The molecule has 1 aliphatic rings. The molecule has 6 heteroatoms. The number of halogens is 2. The van der Waals surface area contributed by atoms with Gasteiger partial charge in [0.05, 0.1) is 16.1 Å². The molecule has 98 valence electrons. The number of carbonyl (C=O) groups is 1. The molecule has 0 aromatic heterocycles. The molecule has 1 atom stereocenters. The molecule has 0 bridgehead atoms. The van der Waals surface area contributed by atoms with Gasteiger partial charge in [0.15, 0.2) is 6.61 Å². The molecule has 0 radical (unpaired) electrons. The lowest BCUT2D eigenvalue weighted by Gasteiger charge is -2.15. The Morgan fingerprint density at radius 1 is 1.44 bits per heavy atom. The second-order valence-electron chi connectivity index (χ2n) is 4.15. The summed E-state index contributed by atoms with van der Waals surface area (Å²) in [5, 5.41) is 10.2. The maximum atomic E-state index is 11.7. The number of rotatable bonds is 3. The molecule has 1 N–H and O–H groups in total. The predicted molar refractivity (Wildman–Crippen MR) is 69.2 cm³/mol. The minimum Gasteiger partial charge on any atom is -0.484 e. The van der Waals surface area contributed by atoms with Crippen LogP contribution in [0.5, 0.6) is 5.75 Å². The summed E-state index contributed by atoms with van der Waals surface area (Å²) < 4.78 is 5.34. The molecule has 1 aliphatic heterocycles. The maximum absolute atomic E-state index is 11.7. The highest BCUT2D eigenvalue weighted by molar-refractivity contribution is 6.42. The molecule has 18 heavy (non-hydrogen) atoms. The Hall–Kier alpha value is -0.970. The molecule has 1 heterocycles. The van der Waals surface area contributed by atoms with Crippen LogP contribution in [0.1, 0.15) is 6.42 Å². The van der Waals surface area contributed by atoms with E-state index >= 15 is 0 Å². The number of aliphatic hydroxyl groups excluding tert-OH is 1. The van der Waals surface area contributed by atoms with E-state index in [4.69, 9.17) is 27.9 Å². The summed E-state index contributed by atoms with van der Waals surface area (Å²) in [6.07, 6.45) is 0.206. The molecule has 0 spiro atoms. The van der Waals surface area contributed by atoms with Gasteiger partial charge in [-0.3, -0.25) is 4.79 Å². The molecule has 0 unspecified atom stereocenters. The van der Waals surface area contributed by atoms with E-state index in [0.29, 0.717) is 35.3 Å². The van der Waals surface area contributed by atoms with Gasteiger partial charge in [-0.05, 0) is 18.6 Å². The van der Waals surface area contributed by atoms with Crippen molar-refractivity contribution in [2.75, 3.05) is 19.7 Å². The van der Waals surface area contributed by atoms with Crippen LogP contribution in [0.2, 0.25) is 10.0 Å². The number of aliphatic hydroxyl groups is 1. The van der Waals surface area contributed by atoms with Crippen LogP contribution in [0.3, 0.4) is 0 Å². The van der Waals surface area contributed by atoms with Crippen LogP contribution < -0.4 is 4.74 Å². The van der Waals surface area contributed by atoms with Crippen LogP contribution in [0.15, 0.2) is 18.2 Å². The minimum absolute atomic E-state index is 0.0648. The van der Waals surface area contributed by atoms with Gasteiger partial charge in [0.25, 0.3) is 5.91 Å². The van der Waals surface area contributed by atoms with Gasteiger partial charge in [-0.25, -0.2) is 0 Å². The summed E-state index contributed by atoms with van der Waals surface area (Å²) in [5.74, 6) is 0.357. The zero-order chi connectivity index (χ0) is 13.1. The molecule has 1 fully saturated rings. The number of hydrogen-bond acceptors (Lipinski definition) is 3. The monoisotopic (exact) mass is 289 g/mol. The molecule has 4 nitrogen and oxygen atoms in total. The Bertz CT molecular complexity index is 453. The molecule has 1 aromatic rings. The third-order valence-corrected chi connectivity index (χ3v) is 3.51. The first kappa shape index (κ1) is 13.5. The Kier molecular flexibility index (Phi) is 4.32. The van der Waals surface area contributed by atoms with E-state index in [9.17, 15) is 9.90 Å². The second-order valence-corrected chi connectivity index (χ2v) is 4.96. The number of nitrogens with zero attached hydrogens (tertiary/aromatic N) is 1. The van der Waals surface area contributed by atoms with Gasteiger partial charge < -0.3 is 14.7 Å². The van der Waals surface area contributed by atoms with Crippen molar-refractivity contribution in [1.29, 1.82) is 0 Å². The van der Waals surface area contributed by atoms with Gasteiger partial charge in [-0.2, -0.15) is 0 Å². The van der Waals surface area contributed by atoms with Crippen molar-refractivity contribution in [3.63, 3.8) is 0 Å². The smallest absolute Gasteiger partial charge is 0.260 e. The third kappa shape index (κ3) is 3.28. The van der Waals surface area contributed by atoms with Gasteiger partial charge in [-0.1, -0.05) is 23.2 Å². The zero-order valence-corrected chi connectivity index (χ0v) is 11.1. The average molecular weight is 290 g/mol. The van der Waals surface area contributed by atoms with Crippen LogP contribution in [-0.4, -0.2) is 41.7 Å². The largest absolute Gasteiger partial charge is 0.484 e. The lowest BCUT2D eigenvalue weighted by atomic mass is 10.3. The summed E-state index contributed by atoms with van der Waals surface area (Å²) in [6, 6.07) is 4.83. The van der Waals surface area contributed by atoms with Crippen LogP contribution >= 0.6 is 23.2 Å². The average Bonchev–Trinajstić information content (AvgIpc) is 2.77. The summed E-state index contributed by atoms with van der Waals surface area (Å²) in [5.41, 5.74) is 0. The van der Waals surface area contributed by atoms with E-state index < -0.39 is 6.10 Å². The summed E-state index contributed by atoms with van der Waals surface area (Å²) in [4.78, 5) is 13.3. The van der Waals surface area contributed by atoms with E-state index in [0.717, 1.165) is 0 Å². The fourth-order valence-corrected chi connectivity index (χ4v) is 2.06. The fourth-order valence-electron chi connectivity index (χ4n) is 1.77. The fraction of sp³-hybridized carbons (Fsp3) is 0.417. The number of hydrogen-bond donors (Lipinski definition) is 1. The molecule has 1 saturated heterocycles. The first-order chi connectivity index (χ1) is 8.56. The highest BCUT2D eigenvalue weighted by Crippen LogP contribution is 2.26. The Labute approximate surface area is 115 Å². The quantitative estimate of drug-likeness (QED) is 0.926. The first-order valence-electron chi connectivity index (χ1n) is 5.60. The highest BCUT2D eigenvalue weighted by Gasteiger charge is 2.24. The number of ether oxygens (including phenoxy) is 1. The lowest BCUT2D eigenvalue weighted by molar-refractivity contribution is -0.132. The van der Waals surface area contributed by atoms with E-state index in [2.05, 4.69) is 0 Å². The Balaban J connectivity index is 1.87. The molecule has 0 aliphatic carbocycles. The Morgan fingerprint density at radius 3 is 2.83 bits per heavy atom. The van der Waals surface area contributed by atoms with Crippen molar-refractivity contribution in [2.45, 2.75) is 12.5 Å². The first-order valence-corrected chi connectivity index (χ1v) is 6.35. The topological polar surface area (TPSA) is 49.8 Å². The van der Waals surface area contributed by atoms with Gasteiger partial charge in [0, 0.05) is 19.2 Å². The van der Waals surface area contributed by atoms with Crippen molar-refractivity contribution >= 4 is 29.1 Å². The Morgan fingerprint density at radius 2 is 2.22 bits per heavy atom. The zero-order valence-electron chi connectivity index (χ0n) is 9.60. The number of carbonyl (C=O) groups excluding carboxylic acids is 1. The molecule has 2 rings (SSSR count). The van der Waals surface area contributed by atoms with Crippen LogP contribution in [0, 0.1) is 0 Å². The number of likely N-dealkylation sites (tertiary alicyclic amines) is 1. The van der Waals surface area contributed by atoms with Crippen molar-refractivity contribution in [3.05, 3.63) is 28.2 Å². The number of benzene rings is 1. The predicted octanol–water partition coefficient (Wildman–Crippen LogP) is 1.97. The van der Waals surface area contributed by atoms with Gasteiger partial charge in [0.1, 0.15) is 5.75 Å². The van der Waals surface area contributed by atoms with Gasteiger partial charge >= 0.3 is 0 Å². The maximum Gasteiger partial charge on any atom is 0.260 e. The molecule has 0 saturated carbocycles. The molecule has 1 aromatic carbocycles. The van der Waals surface area contributed by atoms with Crippen molar-refractivity contribution in [3.8, 4) is 5.75 Å². The molecule has 1 amide bonds. The summed E-state index contributed by atoms with van der Waals surface area (Å²) in [6.45, 7) is 0.888. The standard InChI is InChI=1S/C12H13Cl2NO3/c13-10-2-1-9(5-11(10)14)18-7-12(17)15-4-3-8(16)6-15/h1-2,5,8,16H,3-4,6-7H2/t8-/m1/s1. The van der Waals surface area contributed by atoms with Crippen molar-refractivity contribution in [2.24, 2.45) is 0 Å². The summed E-state index contributed by atoms with van der Waals surface area (Å²) in [7, 11) is 0. The van der Waals surface area contributed by atoms with E-state index in [1.807, 2.05) is 0 Å². The van der Waals surface area contributed by atoms with Crippen molar-refractivity contribution in [1.82, 2.24) is 4.90 Å². The lowest BCUT2D eigenvalue weighted by Crippen LogP contribution is -2.33. The second kappa shape index (κ2) is 5.78. The normalized spacial score (nSPS) is 19.1. The summed E-state index contributed by atoms with van der Waals surface area (Å²) >= 11 is 11.6. The van der Waals surface area contributed by atoms with Crippen LogP contribution in [0.25, 0.3) is 0 Å². The third-order valence-electron chi connectivity index (χ3n) is 2.77. The van der Waals surface area contributed by atoms with Crippen LogP contribution in [0.4, 0.5) is 0 Å². The molecular formula is C12H13Cl2NO3. The van der Waals surface area contributed by atoms with E-state index in [-0.39, 0.29) is 12.5 Å². The molecular weight excluding hydrogens is 277 g/mol. The van der Waals surface area contributed by atoms with Crippen LogP contribution in [-0.2, 0) is 4.79 Å². The SMILES string of the molecule is O=C(COc1ccc(Cl)c(Cl)c1)N1CC[C@@H](O)C1. The van der Waals surface area contributed by atoms with E-state index in [1.165, 1.54) is 0 Å². The number of amides is 1. The van der Waals surface area contributed by atoms with Crippen molar-refractivity contribution < 1.29 is 14.6 Å². The van der Waals surface area contributed by atoms with E-state index in [1.54, 1.807) is 23.1 Å².